The Bertz CT molecular complexity index is 2260. The molecule has 1 amide bonds. The molecule has 3 heterocycles. The Morgan fingerprint density at radius 1 is 0.930 bits per heavy atom. The molecule has 2 saturated heterocycles. The molecule has 0 aliphatic carbocycles. The molecule has 300 valence electrons. The highest BCUT2D eigenvalue weighted by Crippen LogP contribution is 2.37. The van der Waals surface area contributed by atoms with E-state index in [1.165, 1.54) is 13.2 Å². The molecule has 2 fully saturated rings. The zero-order chi connectivity index (χ0) is 40.3. The molecular formula is C43H45F4N5O5. The van der Waals surface area contributed by atoms with Crippen molar-refractivity contribution in [2.24, 2.45) is 0 Å². The summed E-state index contributed by atoms with van der Waals surface area (Å²) in [6, 6.07) is 17.2. The first kappa shape index (κ1) is 40.1. The van der Waals surface area contributed by atoms with Crippen molar-refractivity contribution in [1.29, 1.82) is 0 Å². The van der Waals surface area contributed by atoms with Gasteiger partial charge in [-0.15, -0.1) is 0 Å². The second kappa shape index (κ2) is 17.1. The second-order valence-corrected chi connectivity index (χ2v) is 14.7. The van der Waals surface area contributed by atoms with E-state index in [1.807, 2.05) is 67.7 Å². The largest absolute Gasteiger partial charge is 0.467 e. The standard InChI is InChI=1S/C43H45F4N5O5/c1-50(2)24-27-18-29-10-11-48-23-36(29)35(19-27)34-9-5-7-32-28(6-4-8-33(32)34)21-38(42(54)55-3)49-41(53)40-30(25-51-12-15-56-16-13-51)20-31(22-37(40)44)52-14-17-57-26-39(52)43(45,46)47/h4-11,18-20,22-23,38-39H,12-17,21,24-26H2,1-3H3,(H,49,53)/t38-,39+/m0/s1. The first-order chi connectivity index (χ1) is 27.4. The smallest absolute Gasteiger partial charge is 0.411 e. The predicted octanol–water partition coefficient (Wildman–Crippen LogP) is 6.37. The number of halogens is 4. The number of benzene rings is 4. The van der Waals surface area contributed by atoms with E-state index in [4.69, 9.17) is 14.2 Å². The monoisotopic (exact) mass is 787 g/mol. The van der Waals surface area contributed by atoms with Gasteiger partial charge in [-0.05, 0) is 88.4 Å². The highest BCUT2D eigenvalue weighted by Gasteiger charge is 2.46. The van der Waals surface area contributed by atoms with Gasteiger partial charge in [0.25, 0.3) is 5.91 Å². The molecule has 4 aromatic carbocycles. The van der Waals surface area contributed by atoms with Crippen LogP contribution in [0.3, 0.4) is 0 Å². The molecule has 14 heteroatoms. The molecule has 5 aromatic rings. The number of hydrogen-bond donors (Lipinski definition) is 1. The lowest BCUT2D eigenvalue weighted by molar-refractivity contribution is -0.167. The third-order valence-electron chi connectivity index (χ3n) is 10.6. The number of morpholine rings is 2. The molecular weight excluding hydrogens is 742 g/mol. The number of methoxy groups -OCH3 is 1. The number of amides is 1. The van der Waals surface area contributed by atoms with Crippen LogP contribution in [0.2, 0.25) is 0 Å². The fourth-order valence-electron chi connectivity index (χ4n) is 7.89. The van der Waals surface area contributed by atoms with E-state index in [-0.39, 0.29) is 42.9 Å². The summed E-state index contributed by atoms with van der Waals surface area (Å²) >= 11 is 0. The summed E-state index contributed by atoms with van der Waals surface area (Å²) in [5.74, 6) is -2.62. The minimum absolute atomic E-state index is 0.00942. The van der Waals surface area contributed by atoms with Gasteiger partial charge in [0.15, 0.2) is 0 Å². The van der Waals surface area contributed by atoms with Gasteiger partial charge in [-0.3, -0.25) is 14.7 Å². The zero-order valence-corrected chi connectivity index (χ0v) is 32.1. The van der Waals surface area contributed by atoms with Crippen LogP contribution in [-0.2, 0) is 38.5 Å². The van der Waals surface area contributed by atoms with Gasteiger partial charge in [0, 0.05) is 62.6 Å². The van der Waals surface area contributed by atoms with E-state index in [1.54, 1.807) is 6.20 Å². The average molecular weight is 788 g/mol. The maximum absolute atomic E-state index is 16.3. The van der Waals surface area contributed by atoms with Crippen LogP contribution in [0.4, 0.5) is 23.2 Å². The van der Waals surface area contributed by atoms with Crippen molar-refractivity contribution in [2.45, 2.75) is 37.8 Å². The van der Waals surface area contributed by atoms with Gasteiger partial charge in [0.2, 0.25) is 0 Å². The van der Waals surface area contributed by atoms with Crippen LogP contribution in [0.15, 0.2) is 79.1 Å². The van der Waals surface area contributed by atoms with E-state index in [9.17, 15) is 22.8 Å². The first-order valence-corrected chi connectivity index (χ1v) is 18.9. The number of pyridine rings is 1. The van der Waals surface area contributed by atoms with Crippen molar-refractivity contribution in [2.75, 3.05) is 72.2 Å². The highest BCUT2D eigenvalue weighted by atomic mass is 19.4. The molecule has 0 bridgehead atoms. The lowest BCUT2D eigenvalue weighted by Crippen LogP contribution is -2.53. The van der Waals surface area contributed by atoms with Gasteiger partial charge < -0.3 is 29.3 Å². The first-order valence-electron chi connectivity index (χ1n) is 18.9. The number of esters is 1. The van der Waals surface area contributed by atoms with Gasteiger partial charge in [0.1, 0.15) is 17.9 Å². The Hall–Kier alpha value is -5.15. The summed E-state index contributed by atoms with van der Waals surface area (Å²) in [6.07, 6.45) is -0.992. The van der Waals surface area contributed by atoms with Crippen molar-refractivity contribution in [3.8, 4) is 11.1 Å². The molecule has 0 saturated carbocycles. The summed E-state index contributed by atoms with van der Waals surface area (Å²) in [7, 11) is 5.24. The van der Waals surface area contributed by atoms with Gasteiger partial charge in [0.05, 0.1) is 39.1 Å². The average Bonchev–Trinajstić information content (AvgIpc) is 3.19. The van der Waals surface area contributed by atoms with Crippen molar-refractivity contribution in [3.05, 3.63) is 107 Å². The second-order valence-electron chi connectivity index (χ2n) is 14.7. The molecule has 0 radical (unpaired) electrons. The molecule has 0 unspecified atom stereocenters. The molecule has 1 N–H and O–H groups in total. The SMILES string of the molecule is COC(=O)[C@H](Cc1cccc2c(-c3cc(CN(C)C)cc4ccncc34)cccc12)NC(=O)c1c(F)cc(N2CCOC[C@@H]2C(F)(F)F)cc1CN1CCOCC1. The fourth-order valence-corrected chi connectivity index (χ4v) is 7.89. The lowest BCUT2D eigenvalue weighted by atomic mass is 9.90. The number of nitrogens with zero attached hydrogens (tertiary/aromatic N) is 4. The molecule has 57 heavy (non-hydrogen) atoms. The molecule has 10 nitrogen and oxygen atoms in total. The van der Waals surface area contributed by atoms with Crippen molar-refractivity contribution < 1.29 is 41.4 Å². The van der Waals surface area contributed by atoms with Crippen LogP contribution in [0.1, 0.15) is 27.0 Å². The predicted molar refractivity (Wildman–Crippen MR) is 210 cm³/mol. The van der Waals surface area contributed by atoms with Crippen molar-refractivity contribution in [1.82, 2.24) is 20.1 Å². The third kappa shape index (κ3) is 8.89. The van der Waals surface area contributed by atoms with Crippen LogP contribution in [0.25, 0.3) is 32.7 Å². The van der Waals surface area contributed by atoms with E-state index < -0.39 is 42.6 Å². The Balaban J connectivity index is 1.24. The van der Waals surface area contributed by atoms with Gasteiger partial charge in [-0.1, -0.05) is 36.4 Å². The number of carbonyl (C=O) groups excluding carboxylic acids is 2. The normalized spacial score (nSPS) is 17.3. The lowest BCUT2D eigenvalue weighted by Gasteiger charge is -2.38. The Morgan fingerprint density at radius 2 is 1.68 bits per heavy atom. The number of nitrogens with one attached hydrogen (secondary N) is 1. The number of rotatable bonds is 11. The highest BCUT2D eigenvalue weighted by molar-refractivity contribution is 6.06. The topological polar surface area (TPSA) is 96.5 Å². The van der Waals surface area contributed by atoms with Crippen LogP contribution in [0.5, 0.6) is 0 Å². The minimum Gasteiger partial charge on any atom is -0.467 e. The van der Waals surface area contributed by atoms with E-state index in [2.05, 4.69) is 27.3 Å². The molecule has 7 rings (SSSR count). The van der Waals surface area contributed by atoms with Crippen LogP contribution < -0.4 is 10.2 Å². The molecule has 2 aliphatic heterocycles. The Labute approximate surface area is 328 Å². The minimum atomic E-state index is -4.63. The molecule has 0 spiro atoms. The van der Waals surface area contributed by atoms with Crippen LogP contribution >= 0.6 is 0 Å². The number of fused-ring (bicyclic) bond motifs is 2. The quantitative estimate of drug-likeness (QED) is 0.121. The van der Waals surface area contributed by atoms with Crippen molar-refractivity contribution in [3.63, 3.8) is 0 Å². The van der Waals surface area contributed by atoms with Crippen LogP contribution in [-0.4, -0.2) is 112 Å². The summed E-state index contributed by atoms with van der Waals surface area (Å²) in [5.41, 5.74) is 3.67. The number of anilines is 1. The summed E-state index contributed by atoms with van der Waals surface area (Å²) in [5, 5.41) is 6.53. The zero-order valence-electron chi connectivity index (χ0n) is 32.1. The van der Waals surface area contributed by atoms with Crippen molar-refractivity contribution >= 4 is 39.1 Å². The molecule has 1 aromatic heterocycles. The molecule has 2 atom stereocenters. The van der Waals surface area contributed by atoms with Gasteiger partial charge in [-0.2, -0.15) is 13.2 Å². The number of ether oxygens (including phenoxy) is 3. The fraction of sp³-hybridized carbons (Fsp3) is 0.372. The number of carbonyl (C=O) groups is 2. The summed E-state index contributed by atoms with van der Waals surface area (Å²) in [4.78, 5) is 37.1. The third-order valence-corrected chi connectivity index (χ3v) is 10.6. The van der Waals surface area contributed by atoms with Crippen LogP contribution in [0, 0.1) is 5.82 Å². The Morgan fingerprint density at radius 3 is 2.44 bits per heavy atom. The van der Waals surface area contributed by atoms with E-state index in [0.717, 1.165) is 61.3 Å². The summed E-state index contributed by atoms with van der Waals surface area (Å²) < 4.78 is 74.2. The molecule has 2 aliphatic rings. The Kier molecular flexibility index (Phi) is 12.1. The maximum Gasteiger partial charge on any atom is 0.411 e. The maximum atomic E-state index is 16.3. The van der Waals surface area contributed by atoms with Gasteiger partial charge >= 0.3 is 12.1 Å². The van der Waals surface area contributed by atoms with Gasteiger partial charge in [-0.25, -0.2) is 9.18 Å². The number of alkyl halides is 3. The number of hydrogen-bond acceptors (Lipinski definition) is 9. The number of aromatic nitrogens is 1. The summed E-state index contributed by atoms with van der Waals surface area (Å²) in [6.45, 7) is 1.92. The van der Waals surface area contributed by atoms with E-state index in [0.29, 0.717) is 26.3 Å². The van der Waals surface area contributed by atoms with E-state index >= 15 is 4.39 Å².